The monoisotopic (exact) mass is 438 g/mol. The molecule has 170 valence electrons. The molecule has 1 saturated carbocycles. The van der Waals surface area contributed by atoms with Gasteiger partial charge >= 0.3 is 17.8 Å². The third-order valence-corrected chi connectivity index (χ3v) is 6.54. The third-order valence-electron chi connectivity index (χ3n) is 6.54. The smallest absolute Gasteiger partial charge is 0.316 e. The summed E-state index contributed by atoms with van der Waals surface area (Å²) in [5.41, 5.74) is 3.36. The number of nitrogens with one attached hydrogen (secondary N) is 4. The van der Waals surface area contributed by atoms with Gasteiger partial charge in [0.2, 0.25) is 0 Å². The van der Waals surface area contributed by atoms with Gasteiger partial charge in [0.05, 0.1) is 6.04 Å². The highest BCUT2D eigenvalue weighted by molar-refractivity contribution is 5.89. The molecule has 3 amide bonds. The van der Waals surface area contributed by atoms with Gasteiger partial charge in [0.15, 0.2) is 5.82 Å². The molecule has 3 atom stereocenters. The Morgan fingerprint density at radius 1 is 1.22 bits per heavy atom. The number of nitrogens with zero attached hydrogens (tertiary/aromatic N) is 2. The van der Waals surface area contributed by atoms with Gasteiger partial charge in [-0.15, -0.1) is 0 Å². The number of amides is 3. The minimum absolute atomic E-state index is 0.00950. The molecule has 0 bridgehead atoms. The number of carbonyl (C=O) groups is 2. The number of fused-ring (bicyclic) bond motifs is 1. The molecule has 1 aromatic heterocycles. The standard InChI is InChI=1S/C23H30N6O3/c1-23(2,3)21-28-20(32-29-21)19(30)25-11-14-7-6-13(10-16(14)12-4-5-12)15-8-9-24-18-17(15)26-22(31)27-18/h6-7,10,12,15,17-18,24H,4-5,8-9,11H2,1-3H3,(H,25,30)(H2,26,27,31). The molecule has 32 heavy (non-hydrogen) atoms. The molecule has 0 spiro atoms. The van der Waals surface area contributed by atoms with E-state index < -0.39 is 0 Å². The van der Waals surface area contributed by atoms with Crippen LogP contribution in [0.2, 0.25) is 0 Å². The number of benzene rings is 1. The summed E-state index contributed by atoms with van der Waals surface area (Å²) in [5.74, 6) is 0.936. The van der Waals surface area contributed by atoms with Crippen molar-refractivity contribution in [3.05, 3.63) is 46.6 Å². The molecule has 3 heterocycles. The van der Waals surface area contributed by atoms with E-state index in [1.165, 1.54) is 24.0 Å². The van der Waals surface area contributed by atoms with Gasteiger partial charge in [-0.1, -0.05) is 44.1 Å². The van der Waals surface area contributed by atoms with E-state index in [4.69, 9.17) is 4.52 Å². The predicted molar refractivity (Wildman–Crippen MR) is 117 cm³/mol. The molecule has 3 unspecified atom stereocenters. The van der Waals surface area contributed by atoms with Crippen LogP contribution in [0.5, 0.6) is 0 Å². The number of hydrogen-bond acceptors (Lipinski definition) is 6. The number of carbonyl (C=O) groups excluding carboxylic acids is 2. The van der Waals surface area contributed by atoms with E-state index in [0.717, 1.165) is 18.5 Å². The molecule has 0 radical (unpaired) electrons. The molecule has 9 nitrogen and oxygen atoms in total. The Labute approximate surface area is 187 Å². The average Bonchev–Trinajstić information content (AvgIpc) is 3.32. The van der Waals surface area contributed by atoms with Gasteiger partial charge in [0.25, 0.3) is 0 Å². The van der Waals surface area contributed by atoms with Crippen molar-refractivity contribution in [2.24, 2.45) is 0 Å². The van der Waals surface area contributed by atoms with Crippen molar-refractivity contribution in [2.45, 2.75) is 76.0 Å². The highest BCUT2D eigenvalue weighted by Crippen LogP contribution is 2.43. The number of piperidine rings is 1. The van der Waals surface area contributed by atoms with Gasteiger partial charge in [-0.3, -0.25) is 10.1 Å². The second-order valence-corrected chi connectivity index (χ2v) is 10.1. The third kappa shape index (κ3) is 4.09. The van der Waals surface area contributed by atoms with Crippen molar-refractivity contribution in [1.29, 1.82) is 0 Å². The van der Waals surface area contributed by atoms with Crippen LogP contribution in [0.1, 0.15) is 85.1 Å². The Morgan fingerprint density at radius 2 is 2.03 bits per heavy atom. The van der Waals surface area contributed by atoms with Crippen LogP contribution in [0.15, 0.2) is 22.7 Å². The molecule has 9 heteroatoms. The van der Waals surface area contributed by atoms with Crippen LogP contribution in [-0.2, 0) is 12.0 Å². The summed E-state index contributed by atoms with van der Waals surface area (Å²) >= 11 is 0. The molecule has 1 aliphatic carbocycles. The molecule has 1 aromatic carbocycles. The second kappa shape index (κ2) is 7.88. The van der Waals surface area contributed by atoms with E-state index in [0.29, 0.717) is 18.3 Å². The van der Waals surface area contributed by atoms with Crippen molar-refractivity contribution < 1.29 is 14.1 Å². The van der Waals surface area contributed by atoms with Crippen molar-refractivity contribution in [2.75, 3.05) is 6.54 Å². The fourth-order valence-electron chi connectivity index (χ4n) is 4.62. The first kappa shape index (κ1) is 20.9. The summed E-state index contributed by atoms with van der Waals surface area (Å²) in [4.78, 5) is 28.6. The molecule has 2 aliphatic heterocycles. The van der Waals surface area contributed by atoms with Crippen molar-refractivity contribution in [1.82, 2.24) is 31.4 Å². The topological polar surface area (TPSA) is 121 Å². The molecule has 2 saturated heterocycles. The minimum atomic E-state index is -0.361. The largest absolute Gasteiger partial charge is 0.344 e. The van der Waals surface area contributed by atoms with E-state index in [-0.39, 0.29) is 41.4 Å². The quantitative estimate of drug-likeness (QED) is 0.568. The van der Waals surface area contributed by atoms with Crippen LogP contribution in [0.4, 0.5) is 4.79 Å². The van der Waals surface area contributed by atoms with Crippen molar-refractivity contribution in [3.63, 3.8) is 0 Å². The summed E-state index contributed by atoms with van der Waals surface area (Å²) in [6, 6.07) is 6.45. The Kier molecular flexibility index (Phi) is 5.16. The number of urea groups is 1. The summed E-state index contributed by atoms with van der Waals surface area (Å²) in [6.45, 7) is 7.20. The highest BCUT2D eigenvalue weighted by Gasteiger charge is 2.41. The first-order valence-electron chi connectivity index (χ1n) is 11.3. The van der Waals surface area contributed by atoms with Crippen LogP contribution in [0.3, 0.4) is 0 Å². The van der Waals surface area contributed by atoms with Crippen LogP contribution < -0.4 is 21.3 Å². The minimum Gasteiger partial charge on any atom is -0.344 e. The van der Waals surface area contributed by atoms with Crippen LogP contribution in [-0.4, -0.2) is 40.8 Å². The van der Waals surface area contributed by atoms with Gasteiger partial charge < -0.3 is 20.5 Å². The molecular formula is C23H30N6O3. The maximum absolute atomic E-state index is 12.6. The highest BCUT2D eigenvalue weighted by atomic mass is 16.5. The molecule has 5 rings (SSSR count). The second-order valence-electron chi connectivity index (χ2n) is 10.1. The maximum atomic E-state index is 12.6. The van der Waals surface area contributed by atoms with Crippen LogP contribution >= 0.6 is 0 Å². The number of hydrogen-bond donors (Lipinski definition) is 4. The van der Waals surface area contributed by atoms with Crippen LogP contribution in [0.25, 0.3) is 0 Å². The first-order valence-corrected chi connectivity index (χ1v) is 11.3. The fraction of sp³-hybridized carbons (Fsp3) is 0.565. The van der Waals surface area contributed by atoms with E-state index in [2.05, 4.69) is 49.6 Å². The molecule has 3 aliphatic rings. The summed E-state index contributed by atoms with van der Waals surface area (Å²) in [5, 5.41) is 16.2. The lowest BCUT2D eigenvalue weighted by Gasteiger charge is -2.34. The van der Waals surface area contributed by atoms with Gasteiger partial charge in [-0.2, -0.15) is 4.98 Å². The lowest BCUT2D eigenvalue weighted by molar-refractivity contribution is 0.0907. The van der Waals surface area contributed by atoms with E-state index in [1.807, 2.05) is 20.8 Å². The fourth-order valence-corrected chi connectivity index (χ4v) is 4.62. The van der Waals surface area contributed by atoms with Gasteiger partial charge in [0.1, 0.15) is 6.17 Å². The van der Waals surface area contributed by atoms with Crippen molar-refractivity contribution in [3.8, 4) is 0 Å². The van der Waals surface area contributed by atoms with Gasteiger partial charge in [0, 0.05) is 17.9 Å². The van der Waals surface area contributed by atoms with Crippen molar-refractivity contribution >= 4 is 11.9 Å². The lowest BCUT2D eigenvalue weighted by atomic mass is 9.83. The molecule has 2 aromatic rings. The lowest BCUT2D eigenvalue weighted by Crippen LogP contribution is -2.53. The Balaban J connectivity index is 1.31. The molecule has 4 N–H and O–H groups in total. The molecule has 3 fully saturated rings. The Morgan fingerprint density at radius 3 is 2.75 bits per heavy atom. The van der Waals surface area contributed by atoms with Gasteiger partial charge in [-0.05, 0) is 48.4 Å². The van der Waals surface area contributed by atoms with E-state index in [9.17, 15) is 9.59 Å². The first-order chi connectivity index (χ1) is 15.3. The number of aromatic nitrogens is 2. The Hall–Kier alpha value is -2.94. The van der Waals surface area contributed by atoms with E-state index in [1.54, 1.807) is 0 Å². The number of rotatable bonds is 5. The normalized spacial score (nSPS) is 25.1. The summed E-state index contributed by atoms with van der Waals surface area (Å²) in [6.07, 6.45) is 3.27. The summed E-state index contributed by atoms with van der Waals surface area (Å²) < 4.78 is 5.16. The zero-order chi connectivity index (χ0) is 22.5. The van der Waals surface area contributed by atoms with E-state index >= 15 is 0 Å². The predicted octanol–water partition coefficient (Wildman–Crippen LogP) is 2.26. The Bertz CT molecular complexity index is 1040. The summed E-state index contributed by atoms with van der Waals surface area (Å²) in [7, 11) is 0. The zero-order valence-electron chi connectivity index (χ0n) is 18.7. The van der Waals surface area contributed by atoms with Gasteiger partial charge in [-0.25, -0.2) is 4.79 Å². The maximum Gasteiger partial charge on any atom is 0.316 e. The molecular weight excluding hydrogens is 408 g/mol. The average molecular weight is 439 g/mol. The van der Waals surface area contributed by atoms with Crippen LogP contribution in [0, 0.1) is 0 Å². The zero-order valence-corrected chi connectivity index (χ0v) is 18.7. The SMILES string of the molecule is CC(C)(C)c1noc(C(=O)NCc2ccc(C3CCNC4NC(=O)NC43)cc2C2CC2)n1.